The third-order valence-electron chi connectivity index (χ3n) is 5.86. The van der Waals surface area contributed by atoms with E-state index in [0.717, 1.165) is 23.4 Å². The van der Waals surface area contributed by atoms with E-state index >= 15 is 0 Å². The molecule has 1 aromatic heterocycles. The number of nitrogens with one attached hydrogen (secondary N) is 1. The highest BCUT2D eigenvalue weighted by Crippen LogP contribution is 2.30. The fourth-order valence-electron chi connectivity index (χ4n) is 3.62. The first kappa shape index (κ1) is 24.7. The standard InChI is InChI=1S/C24H31N3O5S/c1-16-6-7-19(13-17(16)2)32-14-21(28)27-11-8-18(9-12-27)24-26-20(15-33-24)23(30)25-10-4-5-22(29)31-3/h6-7,13,15,18H,4-5,8-12,14H2,1-3H3,(H,25,30). The second-order valence-corrected chi connectivity index (χ2v) is 9.09. The lowest BCUT2D eigenvalue weighted by Gasteiger charge is -2.31. The molecule has 1 saturated heterocycles. The summed E-state index contributed by atoms with van der Waals surface area (Å²) in [6.07, 6.45) is 2.41. The van der Waals surface area contributed by atoms with Crippen LogP contribution in [0.2, 0.25) is 0 Å². The van der Waals surface area contributed by atoms with Gasteiger partial charge in [0, 0.05) is 37.4 Å². The zero-order valence-corrected chi connectivity index (χ0v) is 20.2. The van der Waals surface area contributed by atoms with Crippen LogP contribution in [0.5, 0.6) is 5.75 Å². The fourth-order valence-corrected chi connectivity index (χ4v) is 4.59. The van der Waals surface area contributed by atoms with Gasteiger partial charge in [-0.15, -0.1) is 11.3 Å². The summed E-state index contributed by atoms with van der Waals surface area (Å²) in [5.74, 6) is 0.402. The number of aromatic nitrogens is 1. The maximum Gasteiger partial charge on any atom is 0.305 e. The Kier molecular flexibility index (Phi) is 8.82. The summed E-state index contributed by atoms with van der Waals surface area (Å²) in [4.78, 5) is 42.3. The first-order valence-electron chi connectivity index (χ1n) is 11.2. The molecule has 0 aliphatic carbocycles. The third-order valence-corrected chi connectivity index (χ3v) is 6.87. The van der Waals surface area contributed by atoms with Crippen molar-refractivity contribution < 1.29 is 23.9 Å². The molecule has 1 aromatic carbocycles. The van der Waals surface area contributed by atoms with E-state index in [1.807, 2.05) is 36.9 Å². The summed E-state index contributed by atoms with van der Waals surface area (Å²) >= 11 is 1.48. The average molecular weight is 474 g/mol. The highest BCUT2D eigenvalue weighted by atomic mass is 32.1. The van der Waals surface area contributed by atoms with E-state index in [1.54, 1.807) is 5.38 Å². The quantitative estimate of drug-likeness (QED) is 0.444. The van der Waals surface area contributed by atoms with Crippen molar-refractivity contribution in [2.75, 3.05) is 33.4 Å². The van der Waals surface area contributed by atoms with Gasteiger partial charge in [-0.2, -0.15) is 0 Å². The van der Waals surface area contributed by atoms with Crippen LogP contribution in [0.1, 0.15) is 58.2 Å². The molecule has 2 amide bonds. The molecule has 0 atom stereocenters. The van der Waals surface area contributed by atoms with Gasteiger partial charge in [-0.3, -0.25) is 14.4 Å². The van der Waals surface area contributed by atoms with Crippen molar-refractivity contribution in [2.24, 2.45) is 0 Å². The van der Waals surface area contributed by atoms with Crippen molar-refractivity contribution in [3.8, 4) is 5.75 Å². The Labute approximate surface area is 198 Å². The Bertz CT molecular complexity index is 982. The van der Waals surface area contributed by atoms with Gasteiger partial charge in [-0.1, -0.05) is 6.07 Å². The number of amides is 2. The Morgan fingerprint density at radius 3 is 2.64 bits per heavy atom. The molecule has 0 radical (unpaired) electrons. The maximum atomic E-state index is 12.6. The molecule has 1 fully saturated rings. The van der Waals surface area contributed by atoms with E-state index in [-0.39, 0.29) is 36.7 Å². The molecular formula is C24H31N3O5S. The average Bonchev–Trinajstić information content (AvgIpc) is 3.32. The van der Waals surface area contributed by atoms with Gasteiger partial charge in [-0.05, 0) is 56.4 Å². The Morgan fingerprint density at radius 1 is 1.18 bits per heavy atom. The molecule has 0 bridgehead atoms. The number of hydrogen-bond donors (Lipinski definition) is 1. The number of thiazole rings is 1. The van der Waals surface area contributed by atoms with Crippen LogP contribution in [0.15, 0.2) is 23.6 Å². The van der Waals surface area contributed by atoms with Gasteiger partial charge in [0.1, 0.15) is 11.4 Å². The summed E-state index contributed by atoms with van der Waals surface area (Å²) in [6, 6.07) is 5.83. The molecule has 9 heteroatoms. The molecule has 1 aliphatic heterocycles. The van der Waals surface area contributed by atoms with E-state index in [1.165, 1.54) is 24.0 Å². The number of benzene rings is 1. The minimum Gasteiger partial charge on any atom is -0.484 e. The van der Waals surface area contributed by atoms with Crippen LogP contribution in [0.4, 0.5) is 0 Å². The predicted molar refractivity (Wildman–Crippen MR) is 126 cm³/mol. The summed E-state index contributed by atoms with van der Waals surface area (Å²) in [7, 11) is 1.35. The van der Waals surface area contributed by atoms with E-state index in [2.05, 4.69) is 15.0 Å². The number of rotatable bonds is 9. The number of piperidine rings is 1. The number of hydrogen-bond acceptors (Lipinski definition) is 7. The maximum absolute atomic E-state index is 12.6. The van der Waals surface area contributed by atoms with Gasteiger partial charge in [0.2, 0.25) is 0 Å². The van der Waals surface area contributed by atoms with Gasteiger partial charge in [0.15, 0.2) is 6.61 Å². The lowest BCUT2D eigenvalue weighted by Crippen LogP contribution is -2.40. The number of carbonyl (C=O) groups excluding carboxylic acids is 3. The second kappa shape index (κ2) is 11.8. The first-order chi connectivity index (χ1) is 15.9. The Balaban J connectivity index is 1.41. The minimum atomic E-state index is -0.290. The molecule has 178 valence electrons. The summed E-state index contributed by atoms with van der Waals surface area (Å²) < 4.78 is 10.3. The van der Waals surface area contributed by atoms with Crippen molar-refractivity contribution in [2.45, 2.75) is 45.4 Å². The zero-order valence-electron chi connectivity index (χ0n) is 19.4. The zero-order chi connectivity index (χ0) is 23.8. The van der Waals surface area contributed by atoms with Crippen LogP contribution in [-0.4, -0.2) is 61.0 Å². The molecule has 33 heavy (non-hydrogen) atoms. The largest absolute Gasteiger partial charge is 0.484 e. The minimum absolute atomic E-state index is 0.0159. The van der Waals surface area contributed by atoms with Gasteiger partial charge in [0.05, 0.1) is 12.1 Å². The first-order valence-corrected chi connectivity index (χ1v) is 12.0. The van der Waals surface area contributed by atoms with Crippen molar-refractivity contribution in [3.05, 3.63) is 45.4 Å². The molecule has 0 spiro atoms. The van der Waals surface area contributed by atoms with Crippen LogP contribution in [-0.2, 0) is 14.3 Å². The molecule has 8 nitrogen and oxygen atoms in total. The van der Waals surface area contributed by atoms with E-state index < -0.39 is 0 Å². The third kappa shape index (κ3) is 7.02. The van der Waals surface area contributed by atoms with Crippen LogP contribution in [0.25, 0.3) is 0 Å². The van der Waals surface area contributed by atoms with Crippen molar-refractivity contribution in [1.29, 1.82) is 0 Å². The predicted octanol–water partition coefficient (Wildman–Crippen LogP) is 3.23. The lowest BCUT2D eigenvalue weighted by atomic mass is 9.97. The molecule has 0 unspecified atom stereocenters. The number of carbonyl (C=O) groups is 3. The lowest BCUT2D eigenvalue weighted by molar-refractivity contribution is -0.140. The van der Waals surface area contributed by atoms with Gasteiger partial charge in [0.25, 0.3) is 11.8 Å². The van der Waals surface area contributed by atoms with E-state index in [4.69, 9.17) is 4.74 Å². The number of likely N-dealkylation sites (tertiary alicyclic amines) is 1. The number of ether oxygens (including phenoxy) is 2. The van der Waals surface area contributed by atoms with Crippen molar-refractivity contribution in [1.82, 2.24) is 15.2 Å². The summed E-state index contributed by atoms with van der Waals surface area (Å²) in [6.45, 7) is 5.78. The highest BCUT2D eigenvalue weighted by Gasteiger charge is 2.26. The van der Waals surface area contributed by atoms with Crippen LogP contribution < -0.4 is 10.1 Å². The SMILES string of the molecule is COC(=O)CCCNC(=O)c1csc(C2CCN(C(=O)COc3ccc(C)c(C)c3)CC2)n1. The fraction of sp³-hybridized carbons (Fsp3) is 0.500. The summed E-state index contributed by atoms with van der Waals surface area (Å²) in [5.41, 5.74) is 2.73. The Hall–Kier alpha value is -2.94. The number of nitrogens with zero attached hydrogens (tertiary/aromatic N) is 2. The molecule has 3 rings (SSSR count). The van der Waals surface area contributed by atoms with Crippen LogP contribution in [0.3, 0.4) is 0 Å². The smallest absolute Gasteiger partial charge is 0.305 e. The van der Waals surface area contributed by atoms with Gasteiger partial charge < -0.3 is 19.7 Å². The Morgan fingerprint density at radius 2 is 1.94 bits per heavy atom. The normalized spacial score (nSPS) is 14.1. The monoisotopic (exact) mass is 473 g/mol. The molecule has 1 aliphatic rings. The molecule has 0 saturated carbocycles. The van der Waals surface area contributed by atoms with Gasteiger partial charge in [-0.25, -0.2) is 4.98 Å². The van der Waals surface area contributed by atoms with Gasteiger partial charge >= 0.3 is 5.97 Å². The molecule has 2 aromatic rings. The number of methoxy groups -OCH3 is 1. The van der Waals surface area contributed by atoms with Crippen molar-refractivity contribution in [3.63, 3.8) is 0 Å². The molecule has 1 N–H and O–H groups in total. The summed E-state index contributed by atoms with van der Waals surface area (Å²) in [5, 5.41) is 5.47. The van der Waals surface area contributed by atoms with E-state index in [9.17, 15) is 14.4 Å². The molecular weight excluding hydrogens is 442 g/mol. The van der Waals surface area contributed by atoms with Crippen LogP contribution in [0, 0.1) is 13.8 Å². The number of aryl methyl sites for hydroxylation is 2. The van der Waals surface area contributed by atoms with E-state index in [0.29, 0.717) is 37.5 Å². The molecule has 2 heterocycles. The topological polar surface area (TPSA) is 97.8 Å². The number of esters is 1. The second-order valence-electron chi connectivity index (χ2n) is 8.20. The van der Waals surface area contributed by atoms with Crippen LogP contribution >= 0.6 is 11.3 Å². The highest BCUT2D eigenvalue weighted by molar-refractivity contribution is 7.09. The van der Waals surface area contributed by atoms with Crippen molar-refractivity contribution >= 4 is 29.1 Å².